The van der Waals surface area contributed by atoms with E-state index in [1.807, 2.05) is 24.3 Å². The van der Waals surface area contributed by atoms with Gasteiger partial charge in [0, 0.05) is 23.2 Å². The highest BCUT2D eigenvalue weighted by atomic mass is 35.5. The van der Waals surface area contributed by atoms with Crippen molar-refractivity contribution in [3.8, 4) is 11.4 Å². The van der Waals surface area contributed by atoms with E-state index >= 15 is 0 Å². The standard InChI is InChI=1S/C14H17N5O.ClH/c15-11-4-1-10(7-11)14(20)18-12-5-2-9(3-6-12)13-16-8-17-19-13;/h2-3,5-6,8,10-11H,1,4,7,15H2,(H,18,20)(H,16,17,19);1H. The summed E-state index contributed by atoms with van der Waals surface area (Å²) in [5, 5.41) is 9.55. The van der Waals surface area contributed by atoms with Crippen molar-refractivity contribution in [1.29, 1.82) is 0 Å². The highest BCUT2D eigenvalue weighted by Gasteiger charge is 2.27. The van der Waals surface area contributed by atoms with Gasteiger partial charge in [0.25, 0.3) is 0 Å². The van der Waals surface area contributed by atoms with E-state index in [1.165, 1.54) is 6.33 Å². The largest absolute Gasteiger partial charge is 0.328 e. The summed E-state index contributed by atoms with van der Waals surface area (Å²) < 4.78 is 0. The molecule has 0 saturated heterocycles. The van der Waals surface area contributed by atoms with E-state index in [0.717, 1.165) is 30.5 Å². The van der Waals surface area contributed by atoms with Crippen LogP contribution in [0.3, 0.4) is 0 Å². The van der Waals surface area contributed by atoms with E-state index in [2.05, 4.69) is 20.5 Å². The first-order valence-electron chi connectivity index (χ1n) is 6.74. The molecule has 6 nitrogen and oxygen atoms in total. The zero-order valence-corrected chi connectivity index (χ0v) is 12.3. The third-order valence-corrected chi connectivity index (χ3v) is 3.68. The zero-order valence-electron chi connectivity index (χ0n) is 11.5. The fourth-order valence-corrected chi connectivity index (χ4v) is 2.55. The van der Waals surface area contributed by atoms with Crippen molar-refractivity contribution in [2.75, 3.05) is 5.32 Å². The molecule has 0 spiro atoms. The molecule has 2 aromatic rings. The fourth-order valence-electron chi connectivity index (χ4n) is 2.55. The fraction of sp³-hybridized carbons (Fsp3) is 0.357. The van der Waals surface area contributed by atoms with Gasteiger partial charge in [-0.1, -0.05) is 0 Å². The third kappa shape index (κ3) is 3.59. The first-order chi connectivity index (χ1) is 9.72. The molecule has 3 rings (SSSR count). The summed E-state index contributed by atoms with van der Waals surface area (Å²) in [5.74, 6) is 0.814. The van der Waals surface area contributed by atoms with Gasteiger partial charge in [-0.15, -0.1) is 12.4 Å². The van der Waals surface area contributed by atoms with E-state index in [4.69, 9.17) is 5.73 Å². The molecule has 1 fully saturated rings. The topological polar surface area (TPSA) is 96.7 Å². The van der Waals surface area contributed by atoms with E-state index in [9.17, 15) is 4.79 Å². The van der Waals surface area contributed by atoms with E-state index in [-0.39, 0.29) is 30.3 Å². The Morgan fingerprint density at radius 1 is 1.29 bits per heavy atom. The van der Waals surface area contributed by atoms with Crippen molar-refractivity contribution in [3.63, 3.8) is 0 Å². The maximum absolute atomic E-state index is 12.1. The molecule has 112 valence electrons. The van der Waals surface area contributed by atoms with Crippen molar-refractivity contribution in [3.05, 3.63) is 30.6 Å². The molecule has 1 aliphatic rings. The quantitative estimate of drug-likeness (QED) is 0.807. The Morgan fingerprint density at radius 3 is 2.62 bits per heavy atom. The number of aromatic nitrogens is 3. The second kappa shape index (κ2) is 6.69. The lowest BCUT2D eigenvalue weighted by atomic mass is 10.1. The van der Waals surface area contributed by atoms with Crippen LogP contribution in [0.4, 0.5) is 5.69 Å². The average Bonchev–Trinajstić information content (AvgIpc) is 3.10. The summed E-state index contributed by atoms with van der Waals surface area (Å²) in [7, 11) is 0. The predicted molar refractivity (Wildman–Crippen MR) is 83.0 cm³/mol. The van der Waals surface area contributed by atoms with Gasteiger partial charge >= 0.3 is 0 Å². The number of amides is 1. The number of nitrogens with two attached hydrogens (primary N) is 1. The maximum Gasteiger partial charge on any atom is 0.227 e. The molecule has 21 heavy (non-hydrogen) atoms. The highest BCUT2D eigenvalue weighted by molar-refractivity contribution is 5.93. The number of aromatic amines is 1. The number of hydrogen-bond donors (Lipinski definition) is 3. The number of rotatable bonds is 3. The lowest BCUT2D eigenvalue weighted by Gasteiger charge is -2.11. The smallest absolute Gasteiger partial charge is 0.227 e. The molecule has 4 N–H and O–H groups in total. The summed E-state index contributed by atoms with van der Waals surface area (Å²) in [6, 6.07) is 7.70. The van der Waals surface area contributed by atoms with Crippen LogP contribution in [0.1, 0.15) is 19.3 Å². The van der Waals surface area contributed by atoms with E-state index in [0.29, 0.717) is 5.82 Å². The number of carbonyl (C=O) groups excluding carboxylic acids is 1. The van der Waals surface area contributed by atoms with Crippen molar-refractivity contribution < 1.29 is 4.79 Å². The van der Waals surface area contributed by atoms with Gasteiger partial charge in [-0.2, -0.15) is 5.10 Å². The molecule has 2 atom stereocenters. The number of nitrogens with one attached hydrogen (secondary N) is 2. The molecular weight excluding hydrogens is 290 g/mol. The zero-order chi connectivity index (χ0) is 13.9. The van der Waals surface area contributed by atoms with Crippen LogP contribution in [-0.2, 0) is 4.79 Å². The van der Waals surface area contributed by atoms with Crippen LogP contribution in [0, 0.1) is 5.92 Å². The van der Waals surface area contributed by atoms with Crippen molar-refractivity contribution in [1.82, 2.24) is 15.2 Å². The Labute approximate surface area is 128 Å². The van der Waals surface area contributed by atoms with Crippen LogP contribution in [0.15, 0.2) is 30.6 Å². The Balaban J connectivity index is 0.00000161. The molecule has 7 heteroatoms. The minimum absolute atomic E-state index is 0. The number of benzene rings is 1. The first kappa shape index (κ1) is 15.5. The second-order valence-electron chi connectivity index (χ2n) is 5.17. The van der Waals surface area contributed by atoms with E-state index < -0.39 is 0 Å². The Kier molecular flexibility index (Phi) is 4.93. The Morgan fingerprint density at radius 2 is 2.05 bits per heavy atom. The lowest BCUT2D eigenvalue weighted by Crippen LogP contribution is -2.23. The molecule has 0 radical (unpaired) electrons. The van der Waals surface area contributed by atoms with Crippen LogP contribution in [0.2, 0.25) is 0 Å². The minimum Gasteiger partial charge on any atom is -0.328 e. The van der Waals surface area contributed by atoms with Crippen LogP contribution in [0.5, 0.6) is 0 Å². The molecule has 1 aliphatic carbocycles. The number of halogens is 1. The van der Waals surface area contributed by atoms with Gasteiger partial charge in [0.2, 0.25) is 5.91 Å². The first-order valence-corrected chi connectivity index (χ1v) is 6.74. The van der Waals surface area contributed by atoms with Crippen LogP contribution < -0.4 is 11.1 Å². The number of H-pyrrole nitrogens is 1. The van der Waals surface area contributed by atoms with Gasteiger partial charge in [-0.3, -0.25) is 9.89 Å². The molecule has 2 unspecified atom stereocenters. The average molecular weight is 308 g/mol. The molecule has 1 aromatic heterocycles. The predicted octanol–water partition coefficient (Wildman–Crippen LogP) is 1.96. The minimum atomic E-state index is 0. The lowest BCUT2D eigenvalue weighted by molar-refractivity contribution is -0.119. The van der Waals surface area contributed by atoms with Gasteiger partial charge < -0.3 is 11.1 Å². The SMILES string of the molecule is Cl.NC1CCC(C(=O)Nc2ccc(-c3ncn[nH]3)cc2)C1. The number of hydrogen-bond acceptors (Lipinski definition) is 4. The number of anilines is 1. The molecular formula is C14H18ClN5O. The maximum atomic E-state index is 12.1. The van der Waals surface area contributed by atoms with Gasteiger partial charge in [-0.05, 0) is 43.5 Å². The molecule has 1 heterocycles. The van der Waals surface area contributed by atoms with Gasteiger partial charge in [0.15, 0.2) is 5.82 Å². The highest BCUT2D eigenvalue weighted by Crippen LogP contribution is 2.26. The van der Waals surface area contributed by atoms with Crippen molar-refractivity contribution in [2.24, 2.45) is 11.7 Å². The Hall–Kier alpha value is -1.92. The van der Waals surface area contributed by atoms with Gasteiger partial charge in [0.05, 0.1) is 0 Å². The normalized spacial score (nSPS) is 20.8. The number of carbonyl (C=O) groups is 1. The monoisotopic (exact) mass is 307 g/mol. The van der Waals surface area contributed by atoms with Crippen molar-refractivity contribution >= 4 is 24.0 Å². The summed E-state index contributed by atoms with van der Waals surface area (Å²) in [5.41, 5.74) is 7.56. The molecule has 1 saturated carbocycles. The van der Waals surface area contributed by atoms with Gasteiger partial charge in [-0.25, -0.2) is 4.98 Å². The molecule has 1 amide bonds. The number of nitrogens with zero attached hydrogens (tertiary/aromatic N) is 2. The summed E-state index contributed by atoms with van der Waals surface area (Å²) in [4.78, 5) is 16.2. The van der Waals surface area contributed by atoms with Crippen LogP contribution in [0.25, 0.3) is 11.4 Å². The molecule has 1 aromatic carbocycles. The van der Waals surface area contributed by atoms with Crippen molar-refractivity contribution in [2.45, 2.75) is 25.3 Å². The van der Waals surface area contributed by atoms with Crippen LogP contribution >= 0.6 is 12.4 Å². The second-order valence-corrected chi connectivity index (χ2v) is 5.17. The van der Waals surface area contributed by atoms with E-state index in [1.54, 1.807) is 0 Å². The molecule has 0 aliphatic heterocycles. The third-order valence-electron chi connectivity index (χ3n) is 3.68. The summed E-state index contributed by atoms with van der Waals surface area (Å²) >= 11 is 0. The van der Waals surface area contributed by atoms with Gasteiger partial charge in [0.1, 0.15) is 6.33 Å². The summed E-state index contributed by atoms with van der Waals surface area (Å²) in [6.45, 7) is 0. The Bertz CT molecular complexity index is 584. The van der Waals surface area contributed by atoms with Crippen LogP contribution in [-0.4, -0.2) is 27.1 Å². The summed E-state index contributed by atoms with van der Waals surface area (Å²) in [6.07, 6.45) is 4.06. The molecule has 0 bridgehead atoms.